The molecular weight excluding hydrogens is 377 g/mol. The van der Waals surface area contributed by atoms with Crippen LogP contribution in [-0.2, 0) is 11.2 Å². The number of carbonyl (C=O) groups is 1. The van der Waals surface area contributed by atoms with Crippen molar-refractivity contribution in [2.45, 2.75) is 12.8 Å². The van der Waals surface area contributed by atoms with E-state index in [1.807, 2.05) is 12.1 Å². The number of hydrogen-bond acceptors (Lipinski definition) is 5. The van der Waals surface area contributed by atoms with Gasteiger partial charge in [0.15, 0.2) is 0 Å². The number of rotatable bonds is 6. The molecule has 0 atom stereocenters. The standard InChI is InChI=1S/C18H15Cl2N3O3/c1-25-13-5-2-11(3-6-13)18-23-22-17(26-18)9-8-16(24)21-15-10-12(19)4-7-14(15)20/h2-7,10H,8-9H2,1H3,(H,21,24). The third-order valence-electron chi connectivity index (χ3n) is 3.57. The Hall–Kier alpha value is -2.57. The Morgan fingerprint density at radius 1 is 1.15 bits per heavy atom. The number of aryl methyl sites for hydroxylation is 1. The predicted octanol–water partition coefficient (Wildman–Crippen LogP) is 4.62. The van der Waals surface area contributed by atoms with Gasteiger partial charge in [-0.25, -0.2) is 0 Å². The normalized spacial score (nSPS) is 10.6. The van der Waals surface area contributed by atoms with Crippen LogP contribution in [0, 0.1) is 0 Å². The van der Waals surface area contributed by atoms with Crippen molar-refractivity contribution in [1.29, 1.82) is 0 Å². The van der Waals surface area contributed by atoms with Gasteiger partial charge in [-0.15, -0.1) is 10.2 Å². The number of anilines is 1. The molecule has 0 aliphatic heterocycles. The lowest BCUT2D eigenvalue weighted by atomic mass is 10.2. The number of amides is 1. The fraction of sp³-hybridized carbons (Fsp3) is 0.167. The topological polar surface area (TPSA) is 77.2 Å². The molecule has 0 aliphatic rings. The Morgan fingerprint density at radius 2 is 1.92 bits per heavy atom. The molecule has 2 aromatic carbocycles. The first kappa shape index (κ1) is 18.2. The van der Waals surface area contributed by atoms with E-state index in [1.54, 1.807) is 37.4 Å². The zero-order valence-electron chi connectivity index (χ0n) is 13.8. The summed E-state index contributed by atoms with van der Waals surface area (Å²) in [5.74, 6) is 1.28. The predicted molar refractivity (Wildman–Crippen MR) is 99.7 cm³/mol. The molecule has 1 amide bonds. The Labute approximate surface area is 160 Å². The van der Waals surface area contributed by atoms with Gasteiger partial charge in [0.1, 0.15) is 5.75 Å². The summed E-state index contributed by atoms with van der Waals surface area (Å²) in [6, 6.07) is 12.1. The van der Waals surface area contributed by atoms with Crippen LogP contribution in [0.4, 0.5) is 5.69 Å². The van der Waals surface area contributed by atoms with Crippen molar-refractivity contribution in [3.8, 4) is 17.2 Å². The van der Waals surface area contributed by atoms with Gasteiger partial charge in [-0.05, 0) is 42.5 Å². The van der Waals surface area contributed by atoms with Crippen molar-refractivity contribution in [1.82, 2.24) is 10.2 Å². The smallest absolute Gasteiger partial charge is 0.247 e. The molecule has 0 aliphatic carbocycles. The highest BCUT2D eigenvalue weighted by molar-refractivity contribution is 6.35. The molecule has 3 rings (SSSR count). The molecule has 134 valence electrons. The first-order chi connectivity index (χ1) is 12.5. The van der Waals surface area contributed by atoms with Crippen LogP contribution in [0.5, 0.6) is 5.75 Å². The molecule has 0 saturated heterocycles. The zero-order valence-corrected chi connectivity index (χ0v) is 15.3. The molecule has 0 saturated carbocycles. The van der Waals surface area contributed by atoms with Crippen molar-refractivity contribution < 1.29 is 13.9 Å². The molecule has 0 fully saturated rings. The summed E-state index contributed by atoms with van der Waals surface area (Å²) in [5, 5.41) is 11.6. The molecule has 1 heterocycles. The number of nitrogens with one attached hydrogen (secondary N) is 1. The molecule has 0 bridgehead atoms. The van der Waals surface area contributed by atoms with Gasteiger partial charge in [-0.3, -0.25) is 4.79 Å². The highest BCUT2D eigenvalue weighted by Crippen LogP contribution is 2.26. The largest absolute Gasteiger partial charge is 0.497 e. The average Bonchev–Trinajstić information content (AvgIpc) is 3.12. The van der Waals surface area contributed by atoms with Crippen LogP contribution >= 0.6 is 23.2 Å². The fourth-order valence-electron chi connectivity index (χ4n) is 2.23. The quantitative estimate of drug-likeness (QED) is 0.662. The molecule has 26 heavy (non-hydrogen) atoms. The SMILES string of the molecule is COc1ccc(-c2nnc(CCC(=O)Nc3cc(Cl)ccc3Cl)o2)cc1. The minimum Gasteiger partial charge on any atom is -0.497 e. The third kappa shape index (κ3) is 4.53. The second-order valence-electron chi connectivity index (χ2n) is 5.40. The second-order valence-corrected chi connectivity index (χ2v) is 6.25. The summed E-state index contributed by atoms with van der Waals surface area (Å²) in [6.45, 7) is 0. The first-order valence-electron chi connectivity index (χ1n) is 7.77. The number of benzene rings is 2. The van der Waals surface area contributed by atoms with Crippen molar-refractivity contribution in [2.24, 2.45) is 0 Å². The van der Waals surface area contributed by atoms with Crippen LogP contribution in [0.25, 0.3) is 11.5 Å². The van der Waals surface area contributed by atoms with Gasteiger partial charge >= 0.3 is 0 Å². The highest BCUT2D eigenvalue weighted by atomic mass is 35.5. The lowest BCUT2D eigenvalue weighted by Crippen LogP contribution is -2.12. The van der Waals surface area contributed by atoms with Crippen LogP contribution in [0.1, 0.15) is 12.3 Å². The number of halogens is 2. The molecule has 0 radical (unpaired) electrons. The number of aromatic nitrogens is 2. The van der Waals surface area contributed by atoms with Crippen molar-refractivity contribution >= 4 is 34.8 Å². The first-order valence-corrected chi connectivity index (χ1v) is 8.52. The molecule has 1 aromatic heterocycles. The minimum absolute atomic E-state index is 0.174. The van der Waals surface area contributed by atoms with Gasteiger partial charge in [0, 0.05) is 23.4 Å². The minimum atomic E-state index is -0.224. The summed E-state index contributed by atoms with van der Waals surface area (Å²) >= 11 is 11.9. The maximum absolute atomic E-state index is 12.1. The Kier molecular flexibility index (Phi) is 5.75. The summed E-state index contributed by atoms with van der Waals surface area (Å²) < 4.78 is 10.7. The maximum Gasteiger partial charge on any atom is 0.247 e. The monoisotopic (exact) mass is 391 g/mol. The van der Waals surface area contributed by atoms with E-state index >= 15 is 0 Å². The van der Waals surface area contributed by atoms with Gasteiger partial charge < -0.3 is 14.5 Å². The van der Waals surface area contributed by atoms with E-state index in [0.29, 0.717) is 33.9 Å². The maximum atomic E-state index is 12.1. The number of methoxy groups -OCH3 is 1. The van der Waals surface area contributed by atoms with E-state index < -0.39 is 0 Å². The van der Waals surface area contributed by atoms with Crippen molar-refractivity contribution in [3.05, 3.63) is 58.4 Å². The Morgan fingerprint density at radius 3 is 2.65 bits per heavy atom. The average molecular weight is 392 g/mol. The number of hydrogen-bond donors (Lipinski definition) is 1. The molecule has 0 spiro atoms. The molecule has 1 N–H and O–H groups in total. The number of nitrogens with zero attached hydrogens (tertiary/aromatic N) is 2. The number of ether oxygens (including phenoxy) is 1. The Balaban J connectivity index is 1.58. The summed E-state index contributed by atoms with van der Waals surface area (Å²) in [4.78, 5) is 12.1. The van der Waals surface area contributed by atoms with Crippen LogP contribution in [0.3, 0.4) is 0 Å². The van der Waals surface area contributed by atoms with Crippen LogP contribution in [0.15, 0.2) is 46.9 Å². The molecule has 0 unspecified atom stereocenters. The van der Waals surface area contributed by atoms with E-state index in [4.69, 9.17) is 32.4 Å². The molecular formula is C18H15Cl2N3O3. The van der Waals surface area contributed by atoms with E-state index in [9.17, 15) is 4.79 Å². The van der Waals surface area contributed by atoms with Gasteiger partial charge in [0.25, 0.3) is 0 Å². The lowest BCUT2D eigenvalue weighted by molar-refractivity contribution is -0.116. The van der Waals surface area contributed by atoms with E-state index in [2.05, 4.69) is 15.5 Å². The van der Waals surface area contributed by atoms with Gasteiger partial charge in [0.05, 0.1) is 17.8 Å². The van der Waals surface area contributed by atoms with Crippen LogP contribution < -0.4 is 10.1 Å². The van der Waals surface area contributed by atoms with Gasteiger partial charge in [-0.1, -0.05) is 23.2 Å². The van der Waals surface area contributed by atoms with Crippen molar-refractivity contribution in [3.63, 3.8) is 0 Å². The fourth-order valence-corrected chi connectivity index (χ4v) is 2.57. The van der Waals surface area contributed by atoms with Crippen LogP contribution in [0.2, 0.25) is 10.0 Å². The summed E-state index contributed by atoms with van der Waals surface area (Å²) in [5.41, 5.74) is 1.24. The molecule has 3 aromatic rings. The second kappa shape index (κ2) is 8.21. The number of carbonyl (C=O) groups excluding carboxylic acids is 1. The third-order valence-corrected chi connectivity index (χ3v) is 4.14. The lowest BCUT2D eigenvalue weighted by Gasteiger charge is -2.06. The molecule has 8 heteroatoms. The van der Waals surface area contributed by atoms with E-state index in [1.165, 1.54) is 0 Å². The van der Waals surface area contributed by atoms with E-state index in [-0.39, 0.29) is 12.3 Å². The zero-order chi connectivity index (χ0) is 18.5. The Bertz CT molecular complexity index is 910. The van der Waals surface area contributed by atoms with Crippen LogP contribution in [-0.4, -0.2) is 23.2 Å². The van der Waals surface area contributed by atoms with Gasteiger partial charge in [-0.2, -0.15) is 0 Å². The molecule has 6 nitrogen and oxygen atoms in total. The van der Waals surface area contributed by atoms with Gasteiger partial charge in [0.2, 0.25) is 17.7 Å². The summed E-state index contributed by atoms with van der Waals surface area (Å²) in [6.07, 6.45) is 0.486. The van der Waals surface area contributed by atoms with Crippen molar-refractivity contribution in [2.75, 3.05) is 12.4 Å². The summed E-state index contributed by atoms with van der Waals surface area (Å²) in [7, 11) is 1.60. The highest BCUT2D eigenvalue weighted by Gasteiger charge is 2.12. The van der Waals surface area contributed by atoms with E-state index in [0.717, 1.165) is 11.3 Å².